The Morgan fingerprint density at radius 1 is 0.846 bits per heavy atom. The van der Waals surface area contributed by atoms with Crippen LogP contribution in [-0.2, 0) is 4.79 Å². The van der Waals surface area contributed by atoms with Gasteiger partial charge in [-0.2, -0.15) is 0 Å². The van der Waals surface area contributed by atoms with Crippen molar-refractivity contribution in [2.24, 2.45) is 17.8 Å². The van der Waals surface area contributed by atoms with Gasteiger partial charge in [0.2, 0.25) is 0 Å². The second-order valence-corrected chi connectivity index (χ2v) is 10.8. The van der Waals surface area contributed by atoms with Crippen LogP contribution in [-0.4, -0.2) is 18.5 Å². The van der Waals surface area contributed by atoms with E-state index in [0.717, 1.165) is 56.6 Å². The Kier molecular flexibility index (Phi) is 13.1. The number of carbonyl (C=O) groups is 2. The molecule has 2 aromatic rings. The number of benzene rings is 2. The van der Waals surface area contributed by atoms with Gasteiger partial charge in [0.25, 0.3) is 0 Å². The summed E-state index contributed by atoms with van der Waals surface area (Å²) in [5.74, 6) is 2.31. The molecule has 2 aromatic carbocycles. The lowest BCUT2D eigenvalue weighted by Crippen LogP contribution is -2.25. The van der Waals surface area contributed by atoms with Gasteiger partial charge in [-0.15, -0.1) is 0 Å². The number of hydrogen-bond donors (Lipinski definition) is 0. The maximum atomic E-state index is 12.6. The third-order valence-electron chi connectivity index (χ3n) is 7.62. The predicted molar refractivity (Wildman–Crippen MR) is 156 cm³/mol. The molecule has 5 nitrogen and oxygen atoms in total. The molecular weight excluding hydrogens is 488 g/mol. The van der Waals surface area contributed by atoms with Crippen LogP contribution in [0.3, 0.4) is 0 Å². The van der Waals surface area contributed by atoms with Crippen molar-refractivity contribution in [2.75, 3.05) is 6.61 Å². The van der Waals surface area contributed by atoms with Crippen molar-refractivity contribution in [3.63, 3.8) is 0 Å². The van der Waals surface area contributed by atoms with Gasteiger partial charge in [-0.05, 0) is 98.9 Å². The molecule has 0 spiro atoms. The lowest BCUT2D eigenvalue weighted by molar-refractivity contribution is -0.140. The standard InChI is InChI=1S/C34H46O5/c1-4-6-8-12-27-13-15-28(16-14-27)33(35)38-31-21-23-32(24-22-31)39-34(36)29-17-19-30(20-18-29)37-25-10-7-9-11-26(3)5-2/h8,12,17-24,26-28H,4-7,9-11,13-16,25H2,1-3H3/b12-8+/t26-,27?,28?/m0/s1. The molecule has 0 bridgehead atoms. The van der Waals surface area contributed by atoms with Crippen LogP contribution >= 0.6 is 0 Å². The Morgan fingerprint density at radius 3 is 2.13 bits per heavy atom. The van der Waals surface area contributed by atoms with E-state index in [0.29, 0.717) is 29.6 Å². The summed E-state index contributed by atoms with van der Waals surface area (Å²) < 4.78 is 16.9. The van der Waals surface area contributed by atoms with Gasteiger partial charge in [0.15, 0.2) is 0 Å². The fraction of sp³-hybridized carbons (Fsp3) is 0.529. The molecule has 0 radical (unpaired) electrons. The molecule has 1 saturated carbocycles. The highest BCUT2D eigenvalue weighted by atomic mass is 16.5. The van der Waals surface area contributed by atoms with Gasteiger partial charge in [0.1, 0.15) is 17.2 Å². The third-order valence-corrected chi connectivity index (χ3v) is 7.62. The molecule has 1 fully saturated rings. The Labute approximate surface area is 234 Å². The van der Waals surface area contributed by atoms with Gasteiger partial charge in [0.05, 0.1) is 18.1 Å². The zero-order chi connectivity index (χ0) is 27.9. The van der Waals surface area contributed by atoms with Gasteiger partial charge in [-0.25, -0.2) is 4.79 Å². The molecule has 39 heavy (non-hydrogen) atoms. The molecular formula is C34H46O5. The minimum Gasteiger partial charge on any atom is -0.494 e. The average molecular weight is 535 g/mol. The van der Waals surface area contributed by atoms with Crippen molar-refractivity contribution in [1.29, 1.82) is 0 Å². The van der Waals surface area contributed by atoms with Crippen LogP contribution < -0.4 is 14.2 Å². The van der Waals surface area contributed by atoms with Gasteiger partial charge >= 0.3 is 11.9 Å². The van der Waals surface area contributed by atoms with Crippen molar-refractivity contribution in [2.45, 2.75) is 91.4 Å². The Bertz CT molecular complexity index is 1020. The fourth-order valence-electron chi connectivity index (χ4n) is 4.80. The van der Waals surface area contributed by atoms with E-state index in [4.69, 9.17) is 14.2 Å². The van der Waals surface area contributed by atoms with Crippen LogP contribution in [0.15, 0.2) is 60.7 Å². The van der Waals surface area contributed by atoms with E-state index in [-0.39, 0.29) is 11.9 Å². The van der Waals surface area contributed by atoms with Crippen LogP contribution in [0.25, 0.3) is 0 Å². The summed E-state index contributed by atoms with van der Waals surface area (Å²) in [6, 6.07) is 13.7. The molecule has 212 valence electrons. The second kappa shape index (κ2) is 16.8. The summed E-state index contributed by atoms with van der Waals surface area (Å²) in [6.45, 7) is 7.40. The van der Waals surface area contributed by atoms with E-state index in [1.165, 1.54) is 25.7 Å². The maximum Gasteiger partial charge on any atom is 0.343 e. The number of carbonyl (C=O) groups excluding carboxylic acids is 2. The normalized spacial score (nSPS) is 18.0. The molecule has 5 heteroatoms. The summed E-state index contributed by atoms with van der Waals surface area (Å²) in [5.41, 5.74) is 0.451. The van der Waals surface area contributed by atoms with E-state index in [2.05, 4.69) is 32.9 Å². The molecule has 1 aliphatic carbocycles. The topological polar surface area (TPSA) is 61.8 Å². The molecule has 0 N–H and O–H groups in total. The SMILES string of the molecule is CCC/C=C/C1CCC(C(=O)Oc2ccc(OC(=O)c3ccc(OCCCCC[C@@H](C)CC)cc3)cc2)CC1. The number of hydrogen-bond acceptors (Lipinski definition) is 5. The molecule has 0 amide bonds. The van der Waals surface area contributed by atoms with Crippen molar-refractivity contribution < 1.29 is 23.8 Å². The van der Waals surface area contributed by atoms with Crippen molar-refractivity contribution in [1.82, 2.24) is 0 Å². The van der Waals surface area contributed by atoms with Crippen LogP contribution in [0.1, 0.15) is 102 Å². The number of unbranched alkanes of at least 4 members (excludes halogenated alkanes) is 3. The number of rotatable bonds is 15. The molecule has 0 heterocycles. The number of ether oxygens (including phenoxy) is 3. The summed E-state index contributed by atoms with van der Waals surface area (Å²) in [7, 11) is 0. The second-order valence-electron chi connectivity index (χ2n) is 10.8. The first-order valence-corrected chi connectivity index (χ1v) is 14.9. The van der Waals surface area contributed by atoms with Gasteiger partial charge in [0, 0.05) is 0 Å². The van der Waals surface area contributed by atoms with Crippen LogP contribution in [0.4, 0.5) is 0 Å². The quantitative estimate of drug-likeness (QED) is 0.0987. The molecule has 0 aromatic heterocycles. The highest BCUT2D eigenvalue weighted by molar-refractivity contribution is 5.91. The van der Waals surface area contributed by atoms with Crippen molar-refractivity contribution in [3.05, 3.63) is 66.2 Å². The first-order chi connectivity index (χ1) is 19.0. The Balaban J connectivity index is 1.37. The van der Waals surface area contributed by atoms with Gasteiger partial charge in [-0.3, -0.25) is 4.79 Å². The van der Waals surface area contributed by atoms with E-state index in [1.54, 1.807) is 48.5 Å². The Morgan fingerprint density at radius 2 is 1.49 bits per heavy atom. The molecule has 0 saturated heterocycles. The maximum absolute atomic E-state index is 12.6. The number of esters is 2. The van der Waals surface area contributed by atoms with Crippen LogP contribution in [0, 0.1) is 17.8 Å². The van der Waals surface area contributed by atoms with E-state index >= 15 is 0 Å². The van der Waals surface area contributed by atoms with Crippen LogP contribution in [0.2, 0.25) is 0 Å². The average Bonchev–Trinajstić information content (AvgIpc) is 2.96. The summed E-state index contributed by atoms with van der Waals surface area (Å²) in [6.07, 6.45) is 16.6. The zero-order valence-electron chi connectivity index (χ0n) is 24.0. The zero-order valence-corrected chi connectivity index (χ0v) is 24.0. The smallest absolute Gasteiger partial charge is 0.343 e. The largest absolute Gasteiger partial charge is 0.494 e. The number of allylic oxidation sites excluding steroid dienone is 2. The van der Waals surface area contributed by atoms with Crippen molar-refractivity contribution >= 4 is 11.9 Å². The molecule has 1 aliphatic rings. The lowest BCUT2D eigenvalue weighted by Gasteiger charge is -2.25. The summed E-state index contributed by atoms with van der Waals surface area (Å²) in [5, 5.41) is 0. The first-order valence-electron chi connectivity index (χ1n) is 14.9. The molecule has 1 atom stereocenters. The summed E-state index contributed by atoms with van der Waals surface area (Å²) in [4.78, 5) is 25.2. The van der Waals surface area contributed by atoms with Gasteiger partial charge in [-0.1, -0.05) is 65.0 Å². The molecule has 3 rings (SSSR count). The van der Waals surface area contributed by atoms with Gasteiger partial charge < -0.3 is 14.2 Å². The summed E-state index contributed by atoms with van der Waals surface area (Å²) >= 11 is 0. The lowest BCUT2D eigenvalue weighted by atomic mass is 9.82. The van der Waals surface area contributed by atoms with Crippen molar-refractivity contribution in [3.8, 4) is 17.2 Å². The first kappa shape index (κ1) is 30.5. The van der Waals surface area contributed by atoms with E-state index in [1.807, 2.05) is 0 Å². The highest BCUT2D eigenvalue weighted by Gasteiger charge is 2.26. The minimum atomic E-state index is -0.443. The van der Waals surface area contributed by atoms with E-state index < -0.39 is 5.97 Å². The molecule has 0 unspecified atom stereocenters. The minimum absolute atomic E-state index is 0.0557. The van der Waals surface area contributed by atoms with Crippen LogP contribution in [0.5, 0.6) is 17.2 Å². The fourth-order valence-corrected chi connectivity index (χ4v) is 4.80. The van der Waals surface area contributed by atoms with E-state index in [9.17, 15) is 9.59 Å². The molecule has 0 aliphatic heterocycles. The monoisotopic (exact) mass is 534 g/mol. The third kappa shape index (κ3) is 10.9. The highest BCUT2D eigenvalue weighted by Crippen LogP contribution is 2.31. The Hall–Kier alpha value is -3.08. The predicted octanol–water partition coefficient (Wildman–Crippen LogP) is 8.96.